The van der Waals surface area contributed by atoms with Gasteiger partial charge in [-0.05, 0) is 18.8 Å². The smallest absolute Gasteiger partial charge is 0.253 e. The molecule has 0 bridgehead atoms. The number of methoxy groups -OCH3 is 1. The zero-order chi connectivity index (χ0) is 11.4. The van der Waals surface area contributed by atoms with Crippen molar-refractivity contribution in [3.63, 3.8) is 0 Å². The number of carbonyl (C=O) groups is 1. The average molecular weight is 214 g/mol. The predicted molar refractivity (Wildman–Crippen MR) is 59.4 cm³/mol. The summed E-state index contributed by atoms with van der Waals surface area (Å²) in [7, 11) is 1.54. The summed E-state index contributed by atoms with van der Waals surface area (Å²) in [6, 6.07) is 0.363. The van der Waals surface area contributed by atoms with Crippen molar-refractivity contribution in [3.05, 3.63) is 0 Å². The Hall–Kier alpha value is -0.610. The maximum atomic E-state index is 12.0. The lowest BCUT2D eigenvalue weighted by molar-refractivity contribution is -0.143. The lowest BCUT2D eigenvalue weighted by Crippen LogP contribution is -2.47. The first-order valence-electron chi connectivity index (χ1n) is 5.65. The Morgan fingerprint density at radius 3 is 2.73 bits per heavy atom. The van der Waals surface area contributed by atoms with Gasteiger partial charge in [-0.3, -0.25) is 4.79 Å². The summed E-state index contributed by atoms with van der Waals surface area (Å²) in [6.45, 7) is 5.42. The Morgan fingerprint density at radius 1 is 1.60 bits per heavy atom. The Kier molecular flexibility index (Phi) is 4.54. The lowest BCUT2D eigenvalue weighted by Gasteiger charge is -2.30. The van der Waals surface area contributed by atoms with Gasteiger partial charge in [0.05, 0.1) is 0 Å². The fourth-order valence-corrected chi connectivity index (χ4v) is 2.24. The molecule has 15 heavy (non-hydrogen) atoms. The van der Waals surface area contributed by atoms with Gasteiger partial charge >= 0.3 is 0 Å². The minimum atomic E-state index is -0.468. The molecule has 1 rings (SSSR count). The van der Waals surface area contributed by atoms with E-state index in [1.54, 1.807) is 0 Å². The van der Waals surface area contributed by atoms with Crippen molar-refractivity contribution in [1.82, 2.24) is 4.90 Å². The number of ether oxygens (including phenoxy) is 1. The summed E-state index contributed by atoms with van der Waals surface area (Å²) in [5, 5.41) is 0. The second-order valence-corrected chi connectivity index (χ2v) is 4.45. The van der Waals surface area contributed by atoms with Crippen molar-refractivity contribution in [1.29, 1.82) is 0 Å². The third-order valence-corrected chi connectivity index (χ3v) is 3.13. The third kappa shape index (κ3) is 2.69. The first-order chi connectivity index (χ1) is 7.11. The van der Waals surface area contributed by atoms with Crippen LogP contribution in [0.1, 0.15) is 26.7 Å². The van der Waals surface area contributed by atoms with Gasteiger partial charge < -0.3 is 15.4 Å². The van der Waals surface area contributed by atoms with Crippen molar-refractivity contribution in [2.45, 2.75) is 38.8 Å². The van der Waals surface area contributed by atoms with Gasteiger partial charge in [0.1, 0.15) is 6.10 Å². The standard InChI is InChI=1S/C11H22N2O2/c1-8(2)9-5-4-6-13(9)11(14)10(7-12)15-3/h8-10H,4-7,12H2,1-3H3. The largest absolute Gasteiger partial charge is 0.370 e. The van der Waals surface area contributed by atoms with E-state index in [0.717, 1.165) is 19.4 Å². The molecule has 2 unspecified atom stereocenters. The summed E-state index contributed by atoms with van der Waals surface area (Å²) in [5.74, 6) is 0.558. The van der Waals surface area contributed by atoms with E-state index in [4.69, 9.17) is 10.5 Å². The molecule has 0 spiro atoms. The van der Waals surface area contributed by atoms with Crippen LogP contribution in [0.2, 0.25) is 0 Å². The van der Waals surface area contributed by atoms with E-state index in [-0.39, 0.29) is 12.5 Å². The van der Waals surface area contributed by atoms with Crippen molar-refractivity contribution in [2.75, 3.05) is 20.2 Å². The Bertz CT molecular complexity index is 215. The molecule has 0 aromatic heterocycles. The number of hydrogen-bond acceptors (Lipinski definition) is 3. The first kappa shape index (κ1) is 12.5. The maximum Gasteiger partial charge on any atom is 0.253 e. The van der Waals surface area contributed by atoms with Gasteiger partial charge in [-0.15, -0.1) is 0 Å². The van der Waals surface area contributed by atoms with Gasteiger partial charge in [0.15, 0.2) is 0 Å². The third-order valence-electron chi connectivity index (χ3n) is 3.13. The number of likely N-dealkylation sites (tertiary alicyclic amines) is 1. The van der Waals surface area contributed by atoms with E-state index < -0.39 is 6.10 Å². The molecule has 2 atom stereocenters. The molecule has 0 aromatic carbocycles. The van der Waals surface area contributed by atoms with Crippen molar-refractivity contribution in [2.24, 2.45) is 11.7 Å². The number of nitrogens with zero attached hydrogens (tertiary/aromatic N) is 1. The lowest BCUT2D eigenvalue weighted by atomic mass is 10.0. The van der Waals surface area contributed by atoms with Gasteiger partial charge in [-0.25, -0.2) is 0 Å². The number of rotatable bonds is 4. The van der Waals surface area contributed by atoms with E-state index in [0.29, 0.717) is 12.0 Å². The molecular formula is C11H22N2O2. The zero-order valence-corrected chi connectivity index (χ0v) is 9.90. The molecule has 1 amide bonds. The van der Waals surface area contributed by atoms with Crippen LogP contribution in [0.15, 0.2) is 0 Å². The molecule has 88 valence electrons. The van der Waals surface area contributed by atoms with Gasteiger partial charge in [0.2, 0.25) is 0 Å². The average Bonchev–Trinajstić information content (AvgIpc) is 2.67. The molecule has 4 heteroatoms. The van der Waals surface area contributed by atoms with E-state index >= 15 is 0 Å². The molecule has 0 saturated carbocycles. The summed E-state index contributed by atoms with van der Waals surface area (Å²) < 4.78 is 5.09. The monoisotopic (exact) mass is 214 g/mol. The fraction of sp³-hybridized carbons (Fsp3) is 0.909. The highest BCUT2D eigenvalue weighted by atomic mass is 16.5. The highest BCUT2D eigenvalue weighted by Gasteiger charge is 2.33. The van der Waals surface area contributed by atoms with E-state index in [1.807, 2.05) is 4.90 Å². The number of carbonyl (C=O) groups excluding carboxylic acids is 1. The Morgan fingerprint density at radius 2 is 2.27 bits per heavy atom. The van der Waals surface area contributed by atoms with Crippen LogP contribution >= 0.6 is 0 Å². The maximum absolute atomic E-state index is 12.0. The highest BCUT2D eigenvalue weighted by Crippen LogP contribution is 2.24. The quantitative estimate of drug-likeness (QED) is 0.746. The van der Waals surface area contributed by atoms with Crippen LogP contribution in [-0.4, -0.2) is 43.2 Å². The van der Waals surface area contributed by atoms with Crippen LogP contribution in [0.3, 0.4) is 0 Å². The van der Waals surface area contributed by atoms with Gasteiger partial charge in [-0.2, -0.15) is 0 Å². The Balaban J connectivity index is 2.65. The molecule has 0 aliphatic carbocycles. The van der Waals surface area contributed by atoms with Gasteiger partial charge in [-0.1, -0.05) is 13.8 Å². The van der Waals surface area contributed by atoms with Crippen LogP contribution in [0.5, 0.6) is 0 Å². The second kappa shape index (κ2) is 5.47. The number of hydrogen-bond donors (Lipinski definition) is 1. The Labute approximate surface area is 91.8 Å². The van der Waals surface area contributed by atoms with Crippen molar-refractivity contribution in [3.8, 4) is 0 Å². The summed E-state index contributed by atoms with van der Waals surface area (Å²) in [6.07, 6.45) is 1.73. The predicted octanol–water partition coefficient (Wildman–Crippen LogP) is 0.607. The molecule has 1 heterocycles. The first-order valence-corrected chi connectivity index (χ1v) is 5.65. The summed E-state index contributed by atoms with van der Waals surface area (Å²) in [5.41, 5.74) is 5.50. The van der Waals surface area contributed by atoms with E-state index in [2.05, 4.69) is 13.8 Å². The van der Waals surface area contributed by atoms with Gasteiger partial charge in [0.25, 0.3) is 5.91 Å². The molecule has 4 nitrogen and oxygen atoms in total. The van der Waals surface area contributed by atoms with Gasteiger partial charge in [0, 0.05) is 26.2 Å². The molecule has 2 N–H and O–H groups in total. The molecule has 0 aromatic rings. The fourth-order valence-electron chi connectivity index (χ4n) is 2.24. The van der Waals surface area contributed by atoms with Crippen LogP contribution in [0, 0.1) is 5.92 Å². The second-order valence-electron chi connectivity index (χ2n) is 4.45. The molecule has 1 aliphatic rings. The highest BCUT2D eigenvalue weighted by molar-refractivity contribution is 5.81. The van der Waals surface area contributed by atoms with Crippen molar-refractivity contribution >= 4 is 5.91 Å². The van der Waals surface area contributed by atoms with Crippen LogP contribution in [0.25, 0.3) is 0 Å². The SMILES string of the molecule is COC(CN)C(=O)N1CCCC1C(C)C. The van der Waals surface area contributed by atoms with Crippen LogP contribution < -0.4 is 5.73 Å². The minimum Gasteiger partial charge on any atom is -0.370 e. The summed E-state index contributed by atoms with van der Waals surface area (Å²) in [4.78, 5) is 14.0. The molecule has 1 fully saturated rings. The van der Waals surface area contributed by atoms with Crippen molar-refractivity contribution < 1.29 is 9.53 Å². The molecule has 1 aliphatic heterocycles. The van der Waals surface area contributed by atoms with E-state index in [9.17, 15) is 4.79 Å². The normalized spacial score (nSPS) is 23.5. The molecule has 0 radical (unpaired) electrons. The van der Waals surface area contributed by atoms with Crippen LogP contribution in [-0.2, 0) is 9.53 Å². The molecular weight excluding hydrogens is 192 g/mol. The number of nitrogens with two attached hydrogens (primary N) is 1. The zero-order valence-electron chi connectivity index (χ0n) is 9.90. The summed E-state index contributed by atoms with van der Waals surface area (Å²) >= 11 is 0. The minimum absolute atomic E-state index is 0.0520. The number of amides is 1. The molecule has 1 saturated heterocycles. The topological polar surface area (TPSA) is 55.6 Å². The van der Waals surface area contributed by atoms with E-state index in [1.165, 1.54) is 7.11 Å². The van der Waals surface area contributed by atoms with Crippen LogP contribution in [0.4, 0.5) is 0 Å².